The highest BCUT2D eigenvalue weighted by molar-refractivity contribution is 5.81. The van der Waals surface area contributed by atoms with Crippen molar-refractivity contribution in [3.63, 3.8) is 0 Å². The van der Waals surface area contributed by atoms with Gasteiger partial charge < -0.3 is 9.80 Å². The highest BCUT2D eigenvalue weighted by Gasteiger charge is 2.37. The number of hydrogen-bond acceptors (Lipinski definition) is 3. The van der Waals surface area contributed by atoms with Gasteiger partial charge in [0.1, 0.15) is 0 Å². The van der Waals surface area contributed by atoms with Crippen LogP contribution >= 0.6 is 0 Å². The quantitative estimate of drug-likeness (QED) is 0.767. The summed E-state index contributed by atoms with van der Waals surface area (Å²) in [6.07, 6.45) is 6.37. The summed E-state index contributed by atoms with van der Waals surface area (Å²) < 4.78 is 0. The van der Waals surface area contributed by atoms with Crippen molar-refractivity contribution in [1.82, 2.24) is 14.7 Å². The Morgan fingerprint density at radius 2 is 1.72 bits per heavy atom. The number of carbonyl (C=O) groups is 2. The molecule has 5 nitrogen and oxygen atoms in total. The number of aryl methyl sites for hydroxylation is 1. The van der Waals surface area contributed by atoms with Gasteiger partial charge in [-0.25, -0.2) is 0 Å². The van der Waals surface area contributed by atoms with Crippen molar-refractivity contribution in [1.29, 1.82) is 0 Å². The zero-order valence-corrected chi connectivity index (χ0v) is 18.0. The number of rotatable bonds is 5. The first-order valence-electron chi connectivity index (χ1n) is 11.3. The summed E-state index contributed by atoms with van der Waals surface area (Å²) in [5.74, 6) is 1.09. The van der Waals surface area contributed by atoms with Crippen LogP contribution in [0.15, 0.2) is 24.3 Å². The Morgan fingerprint density at radius 1 is 1.00 bits per heavy atom. The minimum Gasteiger partial charge on any atom is -0.342 e. The molecule has 4 rings (SSSR count). The maximum atomic E-state index is 13.1. The van der Waals surface area contributed by atoms with Crippen molar-refractivity contribution in [2.24, 2.45) is 11.8 Å². The lowest BCUT2D eigenvalue weighted by Crippen LogP contribution is -2.51. The smallest absolute Gasteiger partial charge is 0.227 e. The summed E-state index contributed by atoms with van der Waals surface area (Å²) in [6, 6.07) is 8.83. The van der Waals surface area contributed by atoms with Crippen LogP contribution in [0.1, 0.15) is 49.7 Å². The van der Waals surface area contributed by atoms with Crippen molar-refractivity contribution in [2.75, 3.05) is 33.2 Å². The third-order valence-corrected chi connectivity index (χ3v) is 7.07. The van der Waals surface area contributed by atoms with Crippen molar-refractivity contribution < 1.29 is 9.59 Å². The molecule has 1 unspecified atom stereocenters. The molecular formula is C24H35N3O2. The lowest BCUT2D eigenvalue weighted by molar-refractivity contribution is -0.137. The molecule has 3 aliphatic rings. The molecule has 1 saturated carbocycles. The van der Waals surface area contributed by atoms with E-state index in [1.165, 1.54) is 11.1 Å². The topological polar surface area (TPSA) is 43.9 Å². The fraction of sp³-hybridized carbons (Fsp3) is 0.667. The minimum absolute atomic E-state index is 0.101. The predicted octanol–water partition coefficient (Wildman–Crippen LogP) is 3.07. The van der Waals surface area contributed by atoms with E-state index in [1.807, 2.05) is 24.1 Å². The predicted molar refractivity (Wildman–Crippen MR) is 114 cm³/mol. The van der Waals surface area contributed by atoms with Gasteiger partial charge in [0, 0.05) is 45.2 Å². The molecule has 0 bridgehead atoms. The van der Waals surface area contributed by atoms with Crippen LogP contribution in [0.3, 0.4) is 0 Å². The van der Waals surface area contributed by atoms with Crippen LogP contribution in [0, 0.1) is 18.8 Å². The second kappa shape index (κ2) is 8.86. The summed E-state index contributed by atoms with van der Waals surface area (Å²) in [4.78, 5) is 31.9. The van der Waals surface area contributed by atoms with Crippen molar-refractivity contribution in [3.05, 3.63) is 35.4 Å². The molecule has 29 heavy (non-hydrogen) atoms. The SMILES string of the molecule is Cc1ccccc1CN(C)C(=O)C1CCCN(C2CCN(C(=O)C3CC3)CC2)C1. The van der Waals surface area contributed by atoms with E-state index in [1.54, 1.807) is 0 Å². The van der Waals surface area contributed by atoms with E-state index in [0.717, 1.165) is 64.7 Å². The van der Waals surface area contributed by atoms with Gasteiger partial charge in [0.2, 0.25) is 11.8 Å². The van der Waals surface area contributed by atoms with E-state index in [9.17, 15) is 9.59 Å². The van der Waals surface area contributed by atoms with Gasteiger partial charge in [-0.2, -0.15) is 0 Å². The normalized spacial score (nSPS) is 23.8. The molecule has 0 radical (unpaired) electrons. The van der Waals surface area contributed by atoms with Crippen LogP contribution < -0.4 is 0 Å². The Labute approximate surface area is 175 Å². The number of likely N-dealkylation sites (tertiary alicyclic amines) is 2. The Balaban J connectivity index is 1.29. The Hall–Kier alpha value is -1.88. The minimum atomic E-state index is 0.101. The lowest BCUT2D eigenvalue weighted by atomic mass is 9.92. The van der Waals surface area contributed by atoms with Crippen LogP contribution in [-0.4, -0.2) is 65.8 Å². The largest absolute Gasteiger partial charge is 0.342 e. The first-order chi connectivity index (χ1) is 14.0. The number of benzene rings is 1. The molecular weight excluding hydrogens is 362 g/mol. The van der Waals surface area contributed by atoms with E-state index in [-0.39, 0.29) is 11.8 Å². The van der Waals surface area contributed by atoms with Gasteiger partial charge in [-0.3, -0.25) is 14.5 Å². The van der Waals surface area contributed by atoms with Gasteiger partial charge in [0.25, 0.3) is 0 Å². The molecule has 2 aliphatic heterocycles. The highest BCUT2D eigenvalue weighted by atomic mass is 16.2. The Kier molecular flexibility index (Phi) is 6.23. The molecule has 3 fully saturated rings. The third-order valence-electron chi connectivity index (χ3n) is 7.07. The molecule has 158 valence electrons. The highest BCUT2D eigenvalue weighted by Crippen LogP contribution is 2.33. The number of hydrogen-bond donors (Lipinski definition) is 0. The summed E-state index contributed by atoms with van der Waals surface area (Å²) in [5, 5.41) is 0. The van der Waals surface area contributed by atoms with Crippen LogP contribution in [0.4, 0.5) is 0 Å². The fourth-order valence-electron chi connectivity index (χ4n) is 5.01. The zero-order chi connectivity index (χ0) is 20.4. The maximum Gasteiger partial charge on any atom is 0.227 e. The maximum absolute atomic E-state index is 13.1. The van der Waals surface area contributed by atoms with Gasteiger partial charge >= 0.3 is 0 Å². The van der Waals surface area contributed by atoms with Crippen molar-refractivity contribution >= 4 is 11.8 Å². The van der Waals surface area contributed by atoms with Crippen molar-refractivity contribution in [2.45, 2.75) is 58.0 Å². The molecule has 1 aromatic carbocycles. The average molecular weight is 398 g/mol. The standard InChI is InChI=1S/C24H35N3O2/c1-18-6-3-4-7-20(18)16-25(2)23(28)21-8-5-13-27(17-21)22-11-14-26(15-12-22)24(29)19-9-10-19/h3-4,6-7,19,21-22H,5,8-17H2,1-2H3. The number of piperidine rings is 2. The molecule has 2 amide bonds. The van der Waals surface area contributed by atoms with Gasteiger partial charge in [-0.15, -0.1) is 0 Å². The van der Waals surface area contributed by atoms with E-state index < -0.39 is 0 Å². The van der Waals surface area contributed by atoms with Crippen LogP contribution in [0.2, 0.25) is 0 Å². The molecule has 1 aliphatic carbocycles. The average Bonchev–Trinajstić information content (AvgIpc) is 3.60. The first kappa shape index (κ1) is 20.4. The molecule has 2 heterocycles. The molecule has 2 saturated heterocycles. The summed E-state index contributed by atoms with van der Waals surface area (Å²) in [5.41, 5.74) is 2.47. The second-order valence-electron chi connectivity index (χ2n) is 9.29. The molecule has 1 aromatic rings. The number of carbonyl (C=O) groups excluding carboxylic acids is 2. The van der Waals surface area contributed by atoms with E-state index in [4.69, 9.17) is 0 Å². The summed E-state index contributed by atoms with van der Waals surface area (Å²) >= 11 is 0. The summed E-state index contributed by atoms with van der Waals surface area (Å²) in [7, 11) is 1.94. The van der Waals surface area contributed by atoms with Gasteiger partial charge in [0.05, 0.1) is 5.92 Å². The van der Waals surface area contributed by atoms with E-state index >= 15 is 0 Å². The molecule has 5 heteroatoms. The van der Waals surface area contributed by atoms with Crippen molar-refractivity contribution in [3.8, 4) is 0 Å². The van der Waals surface area contributed by atoms with E-state index in [2.05, 4.69) is 28.9 Å². The van der Waals surface area contributed by atoms with Gasteiger partial charge in [-0.1, -0.05) is 24.3 Å². The molecule has 0 spiro atoms. The van der Waals surface area contributed by atoms with Crippen LogP contribution in [-0.2, 0) is 16.1 Å². The number of amides is 2. The zero-order valence-electron chi connectivity index (χ0n) is 18.0. The molecule has 0 aromatic heterocycles. The number of nitrogens with zero attached hydrogens (tertiary/aromatic N) is 3. The lowest BCUT2D eigenvalue weighted by Gasteiger charge is -2.42. The summed E-state index contributed by atoms with van der Waals surface area (Å²) in [6.45, 7) is 6.54. The Bertz CT molecular complexity index is 737. The molecule has 1 atom stereocenters. The molecule has 0 N–H and O–H groups in total. The van der Waals surface area contributed by atoms with Crippen LogP contribution in [0.25, 0.3) is 0 Å². The monoisotopic (exact) mass is 397 g/mol. The third kappa shape index (κ3) is 4.82. The van der Waals surface area contributed by atoms with Crippen LogP contribution in [0.5, 0.6) is 0 Å². The Morgan fingerprint density at radius 3 is 2.41 bits per heavy atom. The first-order valence-corrected chi connectivity index (χ1v) is 11.3. The van der Waals surface area contributed by atoms with Gasteiger partial charge in [-0.05, 0) is 63.1 Å². The fourth-order valence-corrected chi connectivity index (χ4v) is 5.01. The van der Waals surface area contributed by atoms with Gasteiger partial charge in [0.15, 0.2) is 0 Å². The van der Waals surface area contributed by atoms with E-state index in [0.29, 0.717) is 24.4 Å². The second-order valence-corrected chi connectivity index (χ2v) is 9.29.